The summed E-state index contributed by atoms with van der Waals surface area (Å²) in [6.07, 6.45) is 8.22. The van der Waals surface area contributed by atoms with E-state index in [2.05, 4.69) is 84.2 Å². The Morgan fingerprint density at radius 1 is 0.853 bits per heavy atom. The van der Waals surface area contributed by atoms with Gasteiger partial charge in [0.1, 0.15) is 0 Å². The molecular formula is C31H36N2S. The fourth-order valence-electron chi connectivity index (χ4n) is 6.16. The highest BCUT2D eigenvalue weighted by molar-refractivity contribution is 7.97. The van der Waals surface area contributed by atoms with Gasteiger partial charge in [0.25, 0.3) is 0 Å². The molecule has 34 heavy (non-hydrogen) atoms. The second kappa shape index (κ2) is 10.4. The van der Waals surface area contributed by atoms with Crippen molar-refractivity contribution in [1.29, 1.82) is 0 Å². The molecule has 0 heterocycles. The van der Waals surface area contributed by atoms with E-state index in [1.807, 2.05) is 0 Å². The molecule has 0 aromatic heterocycles. The zero-order valence-electron chi connectivity index (χ0n) is 20.0. The summed E-state index contributed by atoms with van der Waals surface area (Å²) in [5.41, 5.74) is 7.92. The van der Waals surface area contributed by atoms with E-state index in [4.69, 9.17) is 11.7 Å². The third-order valence-electron chi connectivity index (χ3n) is 8.03. The Labute approximate surface area is 209 Å². The molecular weight excluding hydrogens is 432 g/mol. The van der Waals surface area contributed by atoms with Crippen LogP contribution in [0.2, 0.25) is 0 Å². The topological polar surface area (TPSA) is 38.0 Å². The van der Waals surface area contributed by atoms with E-state index in [1.54, 1.807) is 11.9 Å². The summed E-state index contributed by atoms with van der Waals surface area (Å²) in [7, 11) is 0. The Balaban J connectivity index is 1.41. The molecule has 2 aliphatic carbocycles. The second-order valence-corrected chi connectivity index (χ2v) is 10.9. The van der Waals surface area contributed by atoms with Crippen molar-refractivity contribution in [2.75, 3.05) is 6.54 Å². The number of nitrogens with one attached hydrogen (secondary N) is 1. The van der Waals surface area contributed by atoms with Gasteiger partial charge in [-0.05, 0) is 78.7 Å². The van der Waals surface area contributed by atoms with Gasteiger partial charge in [-0.25, -0.2) is 0 Å². The maximum absolute atomic E-state index is 5.84. The van der Waals surface area contributed by atoms with Crippen LogP contribution in [0.4, 0.5) is 0 Å². The summed E-state index contributed by atoms with van der Waals surface area (Å²) >= 11 is 1.55. The molecule has 1 fully saturated rings. The molecule has 0 spiro atoms. The summed E-state index contributed by atoms with van der Waals surface area (Å²) in [4.78, 5) is 0. The Hall–Kier alpha value is -2.49. The monoisotopic (exact) mass is 468 g/mol. The molecule has 3 heteroatoms. The molecule has 3 N–H and O–H groups in total. The van der Waals surface area contributed by atoms with E-state index in [9.17, 15) is 0 Å². The lowest BCUT2D eigenvalue weighted by atomic mass is 9.71. The van der Waals surface area contributed by atoms with Crippen molar-refractivity contribution in [2.45, 2.75) is 55.6 Å². The van der Waals surface area contributed by atoms with Crippen LogP contribution in [0.5, 0.6) is 0 Å². The van der Waals surface area contributed by atoms with E-state index in [1.165, 1.54) is 53.5 Å². The molecule has 0 radical (unpaired) electrons. The number of aryl methyl sites for hydroxylation is 1. The Morgan fingerprint density at radius 3 is 2.06 bits per heavy atom. The summed E-state index contributed by atoms with van der Waals surface area (Å²) in [6, 6.07) is 28.8. The van der Waals surface area contributed by atoms with Crippen molar-refractivity contribution in [3.05, 3.63) is 108 Å². The van der Waals surface area contributed by atoms with E-state index in [0.717, 1.165) is 31.5 Å². The van der Waals surface area contributed by atoms with Gasteiger partial charge in [0.15, 0.2) is 0 Å². The van der Waals surface area contributed by atoms with Crippen LogP contribution < -0.4 is 10.5 Å². The largest absolute Gasteiger partial charge is 0.388 e. The number of fused-ring (bicyclic) bond motifs is 3. The lowest BCUT2D eigenvalue weighted by Crippen LogP contribution is -2.37. The van der Waals surface area contributed by atoms with Gasteiger partial charge < -0.3 is 5.32 Å². The Kier molecular flexibility index (Phi) is 7.12. The molecule has 2 aliphatic rings. The fraction of sp³-hybridized carbons (Fsp3) is 0.355. The predicted molar refractivity (Wildman–Crippen MR) is 147 cm³/mol. The number of hydrogen-bond donors (Lipinski definition) is 2. The van der Waals surface area contributed by atoms with Crippen LogP contribution in [0.1, 0.15) is 55.2 Å². The number of benzene rings is 3. The van der Waals surface area contributed by atoms with E-state index < -0.39 is 0 Å². The van der Waals surface area contributed by atoms with Gasteiger partial charge in [0.05, 0.1) is 5.41 Å². The van der Waals surface area contributed by atoms with Crippen molar-refractivity contribution < 1.29 is 0 Å². The third kappa shape index (κ3) is 4.44. The summed E-state index contributed by atoms with van der Waals surface area (Å²) in [6.45, 7) is 5.72. The van der Waals surface area contributed by atoms with Crippen LogP contribution in [0.3, 0.4) is 0 Å². The highest BCUT2D eigenvalue weighted by Crippen LogP contribution is 2.54. The average Bonchev–Trinajstić information content (AvgIpc) is 3.19. The van der Waals surface area contributed by atoms with Crippen LogP contribution in [-0.4, -0.2) is 11.8 Å². The zero-order chi connectivity index (χ0) is 23.4. The molecule has 0 aliphatic heterocycles. The van der Waals surface area contributed by atoms with Crippen LogP contribution in [-0.2, 0) is 11.8 Å². The standard InChI is InChI=1S/C31H36N2S/c1-23(33-22-25-17-19-26(34-32)20-18-25)31(21-9-12-24-10-3-2-4-11-24)29-15-7-5-13-27(29)28-14-6-8-16-30(28)31/h2-8,10-11,13-16,25-26,33H,1,9,12,17-22,32H2. The second-order valence-electron chi connectivity index (χ2n) is 9.97. The first-order valence-electron chi connectivity index (χ1n) is 12.7. The van der Waals surface area contributed by atoms with Crippen molar-refractivity contribution in [3.8, 4) is 11.1 Å². The van der Waals surface area contributed by atoms with Crippen molar-refractivity contribution in [2.24, 2.45) is 11.1 Å². The van der Waals surface area contributed by atoms with Gasteiger partial charge in [-0.2, -0.15) is 0 Å². The minimum absolute atomic E-state index is 0.188. The molecule has 3 aromatic rings. The van der Waals surface area contributed by atoms with Crippen LogP contribution >= 0.6 is 11.9 Å². The van der Waals surface area contributed by atoms with E-state index >= 15 is 0 Å². The fourth-order valence-corrected chi connectivity index (χ4v) is 6.71. The van der Waals surface area contributed by atoms with E-state index in [0.29, 0.717) is 11.2 Å². The molecule has 0 amide bonds. The van der Waals surface area contributed by atoms with Gasteiger partial charge in [0, 0.05) is 17.5 Å². The van der Waals surface area contributed by atoms with Crippen LogP contribution in [0.15, 0.2) is 91.1 Å². The van der Waals surface area contributed by atoms with Gasteiger partial charge in [-0.15, -0.1) is 0 Å². The maximum Gasteiger partial charge on any atom is 0.0604 e. The SMILES string of the molecule is C=C(NCC1CCC(SN)CC1)C1(CCCc2ccccc2)c2ccccc2-c2ccccc21. The molecule has 1 saturated carbocycles. The number of allylic oxidation sites excluding steroid dienone is 1. The van der Waals surface area contributed by atoms with Gasteiger partial charge in [-0.3, -0.25) is 5.14 Å². The predicted octanol–water partition coefficient (Wildman–Crippen LogP) is 7.25. The molecule has 3 aromatic carbocycles. The molecule has 5 rings (SSSR count). The quantitative estimate of drug-likeness (QED) is 0.325. The molecule has 0 saturated heterocycles. The highest BCUT2D eigenvalue weighted by atomic mass is 32.2. The first kappa shape index (κ1) is 23.3. The number of rotatable bonds is 9. The van der Waals surface area contributed by atoms with Gasteiger partial charge >= 0.3 is 0 Å². The van der Waals surface area contributed by atoms with Crippen LogP contribution in [0, 0.1) is 5.92 Å². The summed E-state index contributed by atoms with van der Waals surface area (Å²) < 4.78 is 0. The Morgan fingerprint density at radius 2 is 1.44 bits per heavy atom. The maximum atomic E-state index is 5.84. The lowest BCUT2D eigenvalue weighted by molar-refractivity contribution is 0.349. The molecule has 0 bridgehead atoms. The average molecular weight is 469 g/mol. The summed E-state index contributed by atoms with van der Waals surface area (Å²) in [5, 5.41) is 10.3. The van der Waals surface area contributed by atoms with Gasteiger partial charge in [-0.1, -0.05) is 97.4 Å². The lowest BCUT2D eigenvalue weighted by Gasteiger charge is -2.36. The zero-order valence-corrected chi connectivity index (χ0v) is 20.8. The highest BCUT2D eigenvalue weighted by Gasteiger charge is 2.44. The van der Waals surface area contributed by atoms with E-state index in [-0.39, 0.29) is 5.41 Å². The molecule has 0 unspecified atom stereocenters. The molecule has 176 valence electrons. The van der Waals surface area contributed by atoms with Crippen molar-refractivity contribution in [1.82, 2.24) is 5.32 Å². The normalized spacial score (nSPS) is 20.4. The molecule has 0 atom stereocenters. The van der Waals surface area contributed by atoms with Gasteiger partial charge in [0.2, 0.25) is 0 Å². The first-order chi connectivity index (χ1) is 16.7. The smallest absolute Gasteiger partial charge is 0.0604 e. The number of hydrogen-bond acceptors (Lipinski definition) is 3. The Bertz CT molecular complexity index is 1070. The number of nitrogens with two attached hydrogens (primary N) is 1. The minimum atomic E-state index is -0.188. The molecule has 2 nitrogen and oxygen atoms in total. The van der Waals surface area contributed by atoms with Crippen LogP contribution in [0.25, 0.3) is 11.1 Å². The van der Waals surface area contributed by atoms with Crippen molar-refractivity contribution in [3.63, 3.8) is 0 Å². The minimum Gasteiger partial charge on any atom is -0.388 e. The summed E-state index contributed by atoms with van der Waals surface area (Å²) in [5.74, 6) is 0.702. The van der Waals surface area contributed by atoms with Crippen molar-refractivity contribution >= 4 is 11.9 Å². The third-order valence-corrected chi connectivity index (χ3v) is 8.89. The first-order valence-corrected chi connectivity index (χ1v) is 13.7.